The molecule has 1 amide bonds. The van der Waals surface area contributed by atoms with Gasteiger partial charge in [-0.3, -0.25) is 9.69 Å². The molecular formula is C37H41N3O5. The van der Waals surface area contributed by atoms with E-state index < -0.39 is 12.1 Å². The summed E-state index contributed by atoms with van der Waals surface area (Å²) in [6.07, 6.45) is 8.32. The zero-order valence-corrected chi connectivity index (χ0v) is 25.5. The summed E-state index contributed by atoms with van der Waals surface area (Å²) in [6.45, 7) is 2.99. The predicted octanol–water partition coefficient (Wildman–Crippen LogP) is 5.97. The number of fused-ring (bicyclic) bond motifs is 6. The molecule has 2 atom stereocenters. The van der Waals surface area contributed by atoms with E-state index in [1.165, 1.54) is 39.0 Å². The molecular weight excluding hydrogens is 566 g/mol. The van der Waals surface area contributed by atoms with E-state index in [9.17, 15) is 14.7 Å². The number of carbonyl (C=O) groups excluding carboxylic acids is 1. The van der Waals surface area contributed by atoms with Gasteiger partial charge >= 0.3 is 12.1 Å². The molecule has 2 unspecified atom stereocenters. The standard InChI is InChI=1S/C37H41N3O5/c41-36(42)23-40(22-10-20-39-45-25-35-32-17-7-3-13-28(32)29-14-4-8-18-33(29)35)21-9-19-38-37(43)44-24-34-30-15-5-1-11-26(30)27-12-2-6-16-31(27)34/h1-8,11-15,17-18,31,34-35,39H,9-10,16,19-25H2,(H,38,43)(H,41,42). The Morgan fingerprint density at radius 3 is 2.18 bits per heavy atom. The van der Waals surface area contributed by atoms with Crippen molar-refractivity contribution < 1.29 is 24.3 Å². The van der Waals surface area contributed by atoms with Gasteiger partial charge in [0.2, 0.25) is 0 Å². The first kappa shape index (κ1) is 30.8. The second kappa shape index (κ2) is 14.7. The fraction of sp³-hybridized carbons (Fsp3) is 0.351. The van der Waals surface area contributed by atoms with Crippen LogP contribution in [0.4, 0.5) is 4.79 Å². The van der Waals surface area contributed by atoms with Crippen molar-refractivity contribution in [2.24, 2.45) is 5.92 Å². The maximum absolute atomic E-state index is 12.5. The summed E-state index contributed by atoms with van der Waals surface area (Å²) >= 11 is 0. The molecule has 8 nitrogen and oxygen atoms in total. The van der Waals surface area contributed by atoms with E-state index in [-0.39, 0.29) is 18.4 Å². The maximum Gasteiger partial charge on any atom is 0.407 e. The Labute approximate surface area is 264 Å². The number of benzene rings is 3. The van der Waals surface area contributed by atoms with Crippen molar-refractivity contribution in [1.82, 2.24) is 15.7 Å². The normalized spacial score (nSPS) is 17.8. The molecule has 3 N–H and O–H groups in total. The monoisotopic (exact) mass is 607 g/mol. The molecule has 234 valence electrons. The lowest BCUT2D eigenvalue weighted by molar-refractivity contribution is -0.138. The minimum atomic E-state index is -0.868. The van der Waals surface area contributed by atoms with Crippen molar-refractivity contribution >= 4 is 17.6 Å². The summed E-state index contributed by atoms with van der Waals surface area (Å²) in [7, 11) is 0. The number of hydrogen-bond donors (Lipinski definition) is 3. The first-order valence-corrected chi connectivity index (χ1v) is 15.9. The van der Waals surface area contributed by atoms with Crippen molar-refractivity contribution in [2.75, 3.05) is 45.9 Å². The van der Waals surface area contributed by atoms with Crippen LogP contribution in [-0.2, 0) is 14.4 Å². The van der Waals surface area contributed by atoms with Gasteiger partial charge in [0, 0.05) is 38.0 Å². The van der Waals surface area contributed by atoms with E-state index in [2.05, 4.69) is 95.8 Å². The lowest BCUT2D eigenvalue weighted by Crippen LogP contribution is -2.35. The van der Waals surface area contributed by atoms with Crippen molar-refractivity contribution in [3.63, 3.8) is 0 Å². The molecule has 0 aromatic heterocycles. The first-order chi connectivity index (χ1) is 22.1. The van der Waals surface area contributed by atoms with Crippen molar-refractivity contribution in [2.45, 2.75) is 31.1 Å². The van der Waals surface area contributed by atoms with Crippen LogP contribution in [0.3, 0.4) is 0 Å². The van der Waals surface area contributed by atoms with Crippen LogP contribution in [0.1, 0.15) is 53.4 Å². The van der Waals surface area contributed by atoms with E-state index in [1.807, 2.05) is 11.0 Å². The second-order valence-electron chi connectivity index (χ2n) is 11.9. The van der Waals surface area contributed by atoms with Gasteiger partial charge in [-0.25, -0.2) is 10.3 Å². The molecule has 0 saturated carbocycles. The molecule has 0 aliphatic heterocycles. The van der Waals surface area contributed by atoms with Crippen molar-refractivity contribution in [1.29, 1.82) is 0 Å². The summed E-state index contributed by atoms with van der Waals surface area (Å²) in [4.78, 5) is 31.7. The Bertz CT molecular complexity index is 1520. The van der Waals surface area contributed by atoms with Gasteiger partial charge in [0.15, 0.2) is 0 Å². The minimum Gasteiger partial charge on any atom is -0.480 e. The van der Waals surface area contributed by atoms with E-state index in [1.54, 1.807) is 0 Å². The number of carboxylic acids is 1. The summed E-state index contributed by atoms with van der Waals surface area (Å²) in [6, 6.07) is 25.3. The quantitative estimate of drug-likeness (QED) is 0.145. The van der Waals surface area contributed by atoms with E-state index in [4.69, 9.17) is 9.57 Å². The highest BCUT2D eigenvalue weighted by molar-refractivity contribution is 5.79. The number of carbonyl (C=O) groups is 2. The summed E-state index contributed by atoms with van der Waals surface area (Å²) in [5, 5.41) is 12.2. The Morgan fingerprint density at radius 1 is 0.822 bits per heavy atom. The smallest absolute Gasteiger partial charge is 0.407 e. The van der Waals surface area contributed by atoms with Crippen LogP contribution in [-0.4, -0.2) is 68.0 Å². The van der Waals surface area contributed by atoms with E-state index >= 15 is 0 Å². The summed E-state index contributed by atoms with van der Waals surface area (Å²) in [5.74, 6) is -0.203. The highest BCUT2D eigenvalue weighted by atomic mass is 16.6. The van der Waals surface area contributed by atoms with Gasteiger partial charge in [-0.05, 0) is 64.1 Å². The Balaban J connectivity index is 0.884. The molecule has 0 heterocycles. The lowest BCUT2D eigenvalue weighted by atomic mass is 9.86. The fourth-order valence-corrected chi connectivity index (χ4v) is 7.02. The van der Waals surface area contributed by atoms with Gasteiger partial charge in [0.25, 0.3) is 0 Å². The number of nitrogens with zero attached hydrogens (tertiary/aromatic N) is 1. The van der Waals surface area contributed by atoms with Gasteiger partial charge in [-0.1, -0.05) is 91.0 Å². The molecule has 45 heavy (non-hydrogen) atoms. The van der Waals surface area contributed by atoms with Gasteiger partial charge in [0.1, 0.15) is 6.61 Å². The largest absolute Gasteiger partial charge is 0.480 e. The molecule has 0 fully saturated rings. The van der Waals surface area contributed by atoms with Crippen LogP contribution in [0.15, 0.2) is 91.0 Å². The number of ether oxygens (including phenoxy) is 1. The third-order valence-corrected chi connectivity index (χ3v) is 9.10. The van der Waals surface area contributed by atoms with Gasteiger partial charge in [-0.15, -0.1) is 0 Å². The Hall–Kier alpha value is -4.24. The molecule has 0 saturated heterocycles. The Kier molecular flexibility index (Phi) is 10.0. The molecule has 0 radical (unpaired) electrons. The number of alkyl carbamates (subject to hydrolysis) is 1. The Morgan fingerprint density at radius 2 is 1.47 bits per heavy atom. The molecule has 3 aliphatic rings. The van der Waals surface area contributed by atoms with Gasteiger partial charge < -0.3 is 20.0 Å². The highest BCUT2D eigenvalue weighted by Crippen LogP contribution is 2.49. The SMILES string of the molecule is O=C(O)CN(CCCNOCC1c2ccccc2-c2ccccc21)CCCNC(=O)OCC1c2ccccc2C2=CC=CCC21. The zero-order chi connectivity index (χ0) is 31.0. The van der Waals surface area contributed by atoms with E-state index in [0.717, 1.165) is 12.8 Å². The minimum absolute atomic E-state index is 0.0479. The summed E-state index contributed by atoms with van der Waals surface area (Å²) < 4.78 is 5.65. The van der Waals surface area contributed by atoms with Crippen LogP contribution >= 0.6 is 0 Å². The average molecular weight is 608 g/mol. The number of hydroxylamine groups is 1. The molecule has 8 heteroatoms. The number of carboxylic acid groups (broad SMARTS) is 1. The fourth-order valence-electron chi connectivity index (χ4n) is 7.02. The van der Waals surface area contributed by atoms with Gasteiger partial charge in [0.05, 0.1) is 13.2 Å². The second-order valence-corrected chi connectivity index (χ2v) is 11.9. The van der Waals surface area contributed by atoms with Crippen LogP contribution in [0.5, 0.6) is 0 Å². The summed E-state index contributed by atoms with van der Waals surface area (Å²) in [5.41, 5.74) is 12.0. The third-order valence-electron chi connectivity index (χ3n) is 9.10. The number of rotatable bonds is 15. The molecule has 0 bridgehead atoms. The lowest BCUT2D eigenvalue weighted by Gasteiger charge is -2.22. The average Bonchev–Trinajstić information content (AvgIpc) is 3.56. The number of amides is 1. The first-order valence-electron chi connectivity index (χ1n) is 15.9. The van der Waals surface area contributed by atoms with Gasteiger partial charge in [-0.2, -0.15) is 0 Å². The number of allylic oxidation sites excluding steroid dienone is 4. The predicted molar refractivity (Wildman–Crippen MR) is 175 cm³/mol. The van der Waals surface area contributed by atoms with E-state index in [0.29, 0.717) is 51.7 Å². The molecule has 3 aromatic carbocycles. The molecule has 3 aliphatic carbocycles. The molecule has 6 rings (SSSR count). The van der Waals surface area contributed by atoms with Crippen LogP contribution in [0.25, 0.3) is 16.7 Å². The van der Waals surface area contributed by atoms with Crippen molar-refractivity contribution in [3.05, 3.63) is 113 Å². The maximum atomic E-state index is 12.5. The number of nitrogens with one attached hydrogen (secondary N) is 2. The number of aliphatic carboxylic acids is 1. The van der Waals surface area contributed by atoms with Crippen molar-refractivity contribution in [3.8, 4) is 11.1 Å². The molecule has 0 spiro atoms. The number of hydrogen-bond acceptors (Lipinski definition) is 6. The van der Waals surface area contributed by atoms with Crippen LogP contribution in [0.2, 0.25) is 0 Å². The molecule has 3 aromatic rings. The third kappa shape index (κ3) is 7.20. The zero-order valence-electron chi connectivity index (χ0n) is 25.5. The topological polar surface area (TPSA) is 100 Å². The highest BCUT2D eigenvalue weighted by Gasteiger charge is 2.37. The van der Waals surface area contributed by atoms with Crippen LogP contribution in [0, 0.1) is 5.92 Å². The van der Waals surface area contributed by atoms with Crippen LogP contribution < -0.4 is 10.8 Å².